The van der Waals surface area contributed by atoms with E-state index in [1.54, 1.807) is 0 Å². The van der Waals surface area contributed by atoms with Crippen LogP contribution in [-0.4, -0.2) is 36.1 Å². The minimum Gasteiger partial charge on any atom is -0.313 e. The lowest BCUT2D eigenvalue weighted by atomic mass is 9.96. The summed E-state index contributed by atoms with van der Waals surface area (Å²) in [6.45, 7) is 7.34. The predicted octanol–water partition coefficient (Wildman–Crippen LogP) is 2.78. The number of rotatable bonds is 2. The van der Waals surface area contributed by atoms with Gasteiger partial charge in [0.15, 0.2) is 0 Å². The lowest BCUT2D eigenvalue weighted by Crippen LogP contribution is -2.50. The van der Waals surface area contributed by atoms with Gasteiger partial charge >= 0.3 is 0 Å². The van der Waals surface area contributed by atoms with Crippen molar-refractivity contribution in [2.24, 2.45) is 0 Å². The lowest BCUT2D eigenvalue weighted by molar-refractivity contribution is 0.0902. The first-order valence-electron chi connectivity index (χ1n) is 7.26. The maximum Gasteiger partial charge on any atom is 0.0195 e. The maximum atomic E-state index is 3.73. The zero-order valence-corrected chi connectivity index (χ0v) is 11.0. The second-order valence-corrected chi connectivity index (χ2v) is 5.83. The molecule has 3 atom stereocenters. The van der Waals surface area contributed by atoms with Gasteiger partial charge in [0.1, 0.15) is 0 Å². The molecule has 2 rings (SSSR count). The van der Waals surface area contributed by atoms with Gasteiger partial charge in [-0.2, -0.15) is 0 Å². The molecule has 2 nitrogen and oxygen atoms in total. The van der Waals surface area contributed by atoms with Gasteiger partial charge in [-0.05, 0) is 46.1 Å². The number of hydrogen-bond donors (Lipinski definition) is 1. The number of likely N-dealkylation sites (tertiary alicyclic amines) is 1. The second-order valence-electron chi connectivity index (χ2n) is 5.83. The molecule has 2 aliphatic rings. The monoisotopic (exact) mass is 224 g/mol. The SMILES string of the molecule is C[C@@H]1CCC[C@@H](C)N1C[C@@H]1CCCCCN1. The molecule has 2 fully saturated rings. The Hall–Kier alpha value is -0.0800. The van der Waals surface area contributed by atoms with E-state index in [9.17, 15) is 0 Å². The van der Waals surface area contributed by atoms with Crippen LogP contribution in [0.2, 0.25) is 0 Å². The van der Waals surface area contributed by atoms with Crippen LogP contribution in [0.4, 0.5) is 0 Å². The highest BCUT2D eigenvalue weighted by Crippen LogP contribution is 2.23. The van der Waals surface area contributed by atoms with Crippen LogP contribution in [0, 0.1) is 0 Å². The van der Waals surface area contributed by atoms with Crippen LogP contribution in [-0.2, 0) is 0 Å². The third kappa shape index (κ3) is 3.21. The molecule has 16 heavy (non-hydrogen) atoms. The Morgan fingerprint density at radius 3 is 2.44 bits per heavy atom. The average Bonchev–Trinajstić information content (AvgIpc) is 2.52. The van der Waals surface area contributed by atoms with E-state index in [0.717, 1.165) is 18.1 Å². The van der Waals surface area contributed by atoms with Crippen LogP contribution in [0.3, 0.4) is 0 Å². The largest absolute Gasteiger partial charge is 0.313 e. The van der Waals surface area contributed by atoms with Crippen LogP contribution in [0.15, 0.2) is 0 Å². The average molecular weight is 224 g/mol. The van der Waals surface area contributed by atoms with Gasteiger partial charge in [0.05, 0.1) is 0 Å². The molecule has 0 bridgehead atoms. The Morgan fingerprint density at radius 1 is 0.938 bits per heavy atom. The number of hydrogen-bond acceptors (Lipinski definition) is 2. The molecule has 2 heteroatoms. The van der Waals surface area contributed by atoms with E-state index in [2.05, 4.69) is 24.1 Å². The summed E-state index contributed by atoms with van der Waals surface area (Å²) in [6, 6.07) is 2.35. The molecule has 0 aromatic rings. The van der Waals surface area contributed by atoms with Gasteiger partial charge in [-0.25, -0.2) is 0 Å². The van der Waals surface area contributed by atoms with Crippen molar-refractivity contribution in [3.05, 3.63) is 0 Å². The smallest absolute Gasteiger partial charge is 0.0195 e. The van der Waals surface area contributed by atoms with Crippen LogP contribution in [0.1, 0.15) is 58.8 Å². The fourth-order valence-electron chi connectivity index (χ4n) is 3.35. The third-order valence-corrected chi connectivity index (χ3v) is 4.47. The summed E-state index contributed by atoms with van der Waals surface area (Å²) in [5, 5.41) is 3.73. The molecule has 0 aromatic heterocycles. The summed E-state index contributed by atoms with van der Waals surface area (Å²) >= 11 is 0. The number of nitrogens with one attached hydrogen (secondary N) is 1. The van der Waals surface area contributed by atoms with Crippen molar-refractivity contribution in [2.45, 2.75) is 76.9 Å². The molecule has 0 radical (unpaired) electrons. The van der Waals surface area contributed by atoms with Gasteiger partial charge in [-0.15, -0.1) is 0 Å². The summed E-state index contributed by atoms with van der Waals surface area (Å²) in [4.78, 5) is 2.74. The summed E-state index contributed by atoms with van der Waals surface area (Å²) in [7, 11) is 0. The first kappa shape index (κ1) is 12.4. The maximum absolute atomic E-state index is 3.73. The molecule has 2 heterocycles. The van der Waals surface area contributed by atoms with Crippen LogP contribution in [0.25, 0.3) is 0 Å². The Labute approximate surface area is 101 Å². The van der Waals surface area contributed by atoms with E-state index >= 15 is 0 Å². The molecule has 0 aliphatic carbocycles. The highest BCUT2D eigenvalue weighted by atomic mass is 15.2. The van der Waals surface area contributed by atoms with Crippen molar-refractivity contribution >= 4 is 0 Å². The van der Waals surface area contributed by atoms with Crippen molar-refractivity contribution < 1.29 is 0 Å². The van der Waals surface area contributed by atoms with Gasteiger partial charge in [0.25, 0.3) is 0 Å². The number of nitrogens with zero attached hydrogens (tertiary/aromatic N) is 1. The normalized spacial score (nSPS) is 38.2. The lowest BCUT2D eigenvalue weighted by Gasteiger charge is -2.41. The molecule has 2 saturated heterocycles. The first-order valence-corrected chi connectivity index (χ1v) is 7.26. The van der Waals surface area contributed by atoms with E-state index in [0.29, 0.717) is 0 Å². The van der Waals surface area contributed by atoms with E-state index < -0.39 is 0 Å². The molecule has 0 saturated carbocycles. The van der Waals surface area contributed by atoms with E-state index in [4.69, 9.17) is 0 Å². The van der Waals surface area contributed by atoms with Crippen LogP contribution < -0.4 is 5.32 Å². The minimum absolute atomic E-state index is 0.755. The van der Waals surface area contributed by atoms with Crippen molar-refractivity contribution in [1.29, 1.82) is 0 Å². The summed E-state index contributed by atoms with van der Waals surface area (Å²) in [5.74, 6) is 0. The molecule has 0 unspecified atom stereocenters. The van der Waals surface area contributed by atoms with E-state index in [1.165, 1.54) is 58.0 Å². The Morgan fingerprint density at radius 2 is 1.69 bits per heavy atom. The predicted molar refractivity (Wildman–Crippen MR) is 69.7 cm³/mol. The number of piperidine rings is 1. The van der Waals surface area contributed by atoms with Crippen molar-refractivity contribution in [1.82, 2.24) is 10.2 Å². The molecule has 0 aromatic carbocycles. The van der Waals surface area contributed by atoms with Gasteiger partial charge in [-0.3, -0.25) is 4.90 Å². The van der Waals surface area contributed by atoms with Crippen molar-refractivity contribution in [3.63, 3.8) is 0 Å². The van der Waals surface area contributed by atoms with Gasteiger partial charge in [0.2, 0.25) is 0 Å². The Kier molecular flexibility index (Phi) is 4.66. The minimum atomic E-state index is 0.755. The summed E-state index contributed by atoms with van der Waals surface area (Å²) in [5.41, 5.74) is 0. The first-order chi connectivity index (χ1) is 7.77. The molecule has 2 aliphatic heterocycles. The molecule has 94 valence electrons. The van der Waals surface area contributed by atoms with Crippen molar-refractivity contribution in [2.75, 3.05) is 13.1 Å². The molecule has 0 spiro atoms. The summed E-state index contributed by atoms with van der Waals surface area (Å²) in [6.07, 6.45) is 9.84. The van der Waals surface area contributed by atoms with Crippen LogP contribution in [0.5, 0.6) is 0 Å². The molecule has 0 amide bonds. The van der Waals surface area contributed by atoms with Gasteiger partial charge in [0, 0.05) is 24.7 Å². The third-order valence-electron chi connectivity index (χ3n) is 4.47. The molecular formula is C14H28N2. The Bertz CT molecular complexity index is 187. The Balaban J connectivity index is 1.85. The van der Waals surface area contributed by atoms with Crippen LogP contribution >= 0.6 is 0 Å². The van der Waals surface area contributed by atoms with Crippen molar-refractivity contribution in [3.8, 4) is 0 Å². The highest BCUT2D eigenvalue weighted by Gasteiger charge is 2.26. The zero-order chi connectivity index (χ0) is 11.4. The van der Waals surface area contributed by atoms with E-state index in [-0.39, 0.29) is 0 Å². The quantitative estimate of drug-likeness (QED) is 0.776. The second kappa shape index (κ2) is 6.02. The molecular weight excluding hydrogens is 196 g/mol. The topological polar surface area (TPSA) is 15.3 Å². The zero-order valence-electron chi connectivity index (χ0n) is 11.0. The fourth-order valence-corrected chi connectivity index (χ4v) is 3.35. The standard InChI is InChI=1S/C14H28N2/c1-12-7-6-8-13(2)16(12)11-14-9-4-3-5-10-15-14/h12-15H,3-11H2,1-2H3/t12-,13-,14+/m1/s1. The van der Waals surface area contributed by atoms with E-state index in [1.807, 2.05) is 0 Å². The van der Waals surface area contributed by atoms with Gasteiger partial charge in [-0.1, -0.05) is 19.3 Å². The summed E-state index contributed by atoms with van der Waals surface area (Å²) < 4.78 is 0. The molecule has 1 N–H and O–H groups in total. The fraction of sp³-hybridized carbons (Fsp3) is 1.00. The highest BCUT2D eigenvalue weighted by molar-refractivity contribution is 4.84. The van der Waals surface area contributed by atoms with Gasteiger partial charge < -0.3 is 5.32 Å².